The standard InChI is InChI=1S/C56H37NS/c1-2-10-38(11-3-1)41-24-30-47(31-25-41)57(49-34-28-43(29-35-49)46-23-20-39-12-4-5-13-45(39)36-46)48-32-26-42(27-33-48)40-18-21-44(22-19-40)55-37-54-52-16-7-6-14-50(52)51-15-8-9-17-53(51)56(54)58-55/h1-37H. The van der Waals surface area contributed by atoms with Crippen molar-refractivity contribution in [3.8, 4) is 43.8 Å². The van der Waals surface area contributed by atoms with Crippen LogP contribution in [-0.4, -0.2) is 0 Å². The highest BCUT2D eigenvalue weighted by molar-refractivity contribution is 7.23. The van der Waals surface area contributed by atoms with Gasteiger partial charge in [-0.05, 0) is 114 Å². The van der Waals surface area contributed by atoms with Gasteiger partial charge in [0.05, 0.1) is 0 Å². The number of hydrogen-bond acceptors (Lipinski definition) is 2. The van der Waals surface area contributed by atoms with Gasteiger partial charge in [-0.15, -0.1) is 11.3 Å². The normalized spacial score (nSPS) is 11.4. The maximum absolute atomic E-state index is 2.38. The zero-order valence-corrected chi connectivity index (χ0v) is 32.5. The molecule has 0 radical (unpaired) electrons. The first kappa shape index (κ1) is 34.0. The summed E-state index contributed by atoms with van der Waals surface area (Å²) in [7, 11) is 0. The van der Waals surface area contributed by atoms with Crippen LogP contribution in [0.15, 0.2) is 224 Å². The molecular formula is C56H37NS. The van der Waals surface area contributed by atoms with E-state index in [4.69, 9.17) is 0 Å². The molecule has 2 heteroatoms. The third-order valence-corrected chi connectivity index (χ3v) is 12.7. The van der Waals surface area contributed by atoms with E-state index >= 15 is 0 Å². The summed E-state index contributed by atoms with van der Waals surface area (Å²) in [6, 6.07) is 81.7. The number of nitrogens with zero attached hydrogens (tertiary/aromatic N) is 1. The van der Waals surface area contributed by atoms with Gasteiger partial charge in [0.25, 0.3) is 0 Å². The van der Waals surface area contributed by atoms with Crippen LogP contribution in [0, 0.1) is 0 Å². The summed E-state index contributed by atoms with van der Waals surface area (Å²) < 4.78 is 1.35. The predicted molar refractivity (Wildman–Crippen MR) is 251 cm³/mol. The Morgan fingerprint density at radius 2 is 0.655 bits per heavy atom. The predicted octanol–water partition coefficient (Wildman–Crippen LogP) is 16.5. The molecule has 0 atom stereocenters. The first-order valence-corrected chi connectivity index (χ1v) is 20.6. The van der Waals surface area contributed by atoms with E-state index in [1.165, 1.54) is 86.2 Å². The summed E-state index contributed by atoms with van der Waals surface area (Å²) in [5.74, 6) is 0. The average Bonchev–Trinajstić information content (AvgIpc) is 3.77. The molecule has 0 fully saturated rings. The first-order chi connectivity index (χ1) is 28.7. The molecule has 0 spiro atoms. The fourth-order valence-corrected chi connectivity index (χ4v) is 9.70. The molecule has 0 aliphatic carbocycles. The second kappa shape index (κ2) is 14.4. The van der Waals surface area contributed by atoms with Crippen molar-refractivity contribution in [2.24, 2.45) is 0 Å². The van der Waals surface area contributed by atoms with Crippen LogP contribution in [0.25, 0.3) is 86.2 Å². The number of thiophene rings is 1. The van der Waals surface area contributed by atoms with Crippen molar-refractivity contribution >= 4 is 70.8 Å². The van der Waals surface area contributed by atoms with Gasteiger partial charge in [0.2, 0.25) is 0 Å². The molecule has 0 saturated heterocycles. The van der Waals surface area contributed by atoms with Gasteiger partial charge in [-0.3, -0.25) is 0 Å². The Kier molecular flexibility index (Phi) is 8.42. The smallest absolute Gasteiger partial charge is 0.0462 e. The fourth-order valence-electron chi connectivity index (χ4n) is 8.48. The summed E-state index contributed by atoms with van der Waals surface area (Å²) in [4.78, 5) is 3.64. The third-order valence-electron chi connectivity index (χ3n) is 11.5. The van der Waals surface area contributed by atoms with Crippen LogP contribution in [-0.2, 0) is 0 Å². The SMILES string of the molecule is c1ccc(-c2ccc(N(c3ccc(-c4ccc(-c5cc6c7ccccc7c7ccccc7c6s5)cc4)cc3)c3ccc(-c4ccc5ccccc5c4)cc3)cc2)cc1. The molecule has 58 heavy (non-hydrogen) atoms. The molecule has 11 aromatic rings. The van der Waals surface area contributed by atoms with E-state index < -0.39 is 0 Å². The summed E-state index contributed by atoms with van der Waals surface area (Å²) in [6.07, 6.45) is 0. The maximum Gasteiger partial charge on any atom is 0.0462 e. The van der Waals surface area contributed by atoms with E-state index in [0.717, 1.165) is 17.1 Å². The van der Waals surface area contributed by atoms with Gasteiger partial charge in [0.1, 0.15) is 0 Å². The van der Waals surface area contributed by atoms with Crippen molar-refractivity contribution < 1.29 is 0 Å². The van der Waals surface area contributed by atoms with Crippen molar-refractivity contribution in [2.45, 2.75) is 0 Å². The zero-order chi connectivity index (χ0) is 38.4. The molecule has 0 aliphatic heterocycles. The first-order valence-electron chi connectivity index (χ1n) is 19.8. The Balaban J connectivity index is 0.918. The lowest BCUT2D eigenvalue weighted by Crippen LogP contribution is -2.09. The molecule has 272 valence electrons. The second-order valence-electron chi connectivity index (χ2n) is 14.9. The van der Waals surface area contributed by atoms with Gasteiger partial charge in [0, 0.05) is 37.4 Å². The molecule has 10 aromatic carbocycles. The van der Waals surface area contributed by atoms with Gasteiger partial charge in [-0.1, -0.05) is 176 Å². The number of hydrogen-bond donors (Lipinski definition) is 0. The highest BCUT2D eigenvalue weighted by atomic mass is 32.1. The number of benzene rings is 10. The molecule has 0 saturated carbocycles. The van der Waals surface area contributed by atoms with Crippen LogP contribution < -0.4 is 4.90 Å². The molecule has 0 bridgehead atoms. The highest BCUT2D eigenvalue weighted by Crippen LogP contribution is 2.43. The monoisotopic (exact) mass is 755 g/mol. The Bertz CT molecular complexity index is 3160. The van der Waals surface area contributed by atoms with Crippen molar-refractivity contribution in [1.29, 1.82) is 0 Å². The molecule has 1 aromatic heterocycles. The lowest BCUT2D eigenvalue weighted by Gasteiger charge is -2.26. The minimum absolute atomic E-state index is 1.11. The average molecular weight is 756 g/mol. The van der Waals surface area contributed by atoms with Crippen LogP contribution in [0.1, 0.15) is 0 Å². The second-order valence-corrected chi connectivity index (χ2v) is 16.0. The molecule has 1 nitrogen and oxygen atoms in total. The Morgan fingerprint density at radius 1 is 0.259 bits per heavy atom. The lowest BCUT2D eigenvalue weighted by atomic mass is 9.98. The van der Waals surface area contributed by atoms with Crippen LogP contribution in [0.5, 0.6) is 0 Å². The maximum atomic E-state index is 2.38. The van der Waals surface area contributed by atoms with E-state index in [0.29, 0.717) is 0 Å². The van der Waals surface area contributed by atoms with Gasteiger partial charge in [-0.2, -0.15) is 0 Å². The van der Waals surface area contributed by atoms with Crippen molar-refractivity contribution in [3.63, 3.8) is 0 Å². The van der Waals surface area contributed by atoms with Gasteiger partial charge < -0.3 is 4.90 Å². The van der Waals surface area contributed by atoms with Crippen molar-refractivity contribution in [2.75, 3.05) is 4.90 Å². The molecule has 0 aliphatic rings. The van der Waals surface area contributed by atoms with Crippen LogP contribution in [0.4, 0.5) is 17.1 Å². The van der Waals surface area contributed by atoms with E-state index in [2.05, 4.69) is 229 Å². The lowest BCUT2D eigenvalue weighted by molar-refractivity contribution is 1.28. The summed E-state index contributed by atoms with van der Waals surface area (Å²) in [6.45, 7) is 0. The number of rotatable bonds is 7. The zero-order valence-electron chi connectivity index (χ0n) is 31.7. The van der Waals surface area contributed by atoms with Crippen LogP contribution in [0.2, 0.25) is 0 Å². The van der Waals surface area contributed by atoms with Gasteiger partial charge in [-0.25, -0.2) is 0 Å². The summed E-state index contributed by atoms with van der Waals surface area (Å²) >= 11 is 1.89. The Labute approximate surface area is 342 Å². The third kappa shape index (κ3) is 6.12. The van der Waals surface area contributed by atoms with E-state index in [1.807, 2.05) is 11.3 Å². The van der Waals surface area contributed by atoms with E-state index in [9.17, 15) is 0 Å². The van der Waals surface area contributed by atoms with Gasteiger partial charge >= 0.3 is 0 Å². The topological polar surface area (TPSA) is 3.24 Å². The number of fused-ring (bicyclic) bond motifs is 7. The summed E-state index contributed by atoms with van der Waals surface area (Å²) in [5.41, 5.74) is 11.8. The van der Waals surface area contributed by atoms with Crippen molar-refractivity contribution in [1.82, 2.24) is 0 Å². The highest BCUT2D eigenvalue weighted by Gasteiger charge is 2.16. The van der Waals surface area contributed by atoms with E-state index in [1.54, 1.807) is 0 Å². The fraction of sp³-hybridized carbons (Fsp3) is 0. The molecule has 1 heterocycles. The molecule has 0 unspecified atom stereocenters. The minimum atomic E-state index is 1.11. The summed E-state index contributed by atoms with van der Waals surface area (Å²) in [5, 5.41) is 9.11. The molecule has 0 amide bonds. The van der Waals surface area contributed by atoms with Crippen molar-refractivity contribution in [3.05, 3.63) is 224 Å². The van der Waals surface area contributed by atoms with Crippen LogP contribution in [0.3, 0.4) is 0 Å². The minimum Gasteiger partial charge on any atom is -0.311 e. The number of anilines is 3. The van der Waals surface area contributed by atoms with Crippen LogP contribution >= 0.6 is 11.3 Å². The molecule has 11 rings (SSSR count). The Hall–Kier alpha value is -7.26. The van der Waals surface area contributed by atoms with E-state index in [-0.39, 0.29) is 0 Å². The molecule has 0 N–H and O–H groups in total. The quantitative estimate of drug-likeness (QED) is 0.146. The largest absolute Gasteiger partial charge is 0.311 e. The van der Waals surface area contributed by atoms with Gasteiger partial charge in [0.15, 0.2) is 0 Å². The Morgan fingerprint density at radius 3 is 1.24 bits per heavy atom. The molecular weight excluding hydrogens is 719 g/mol.